The molecule has 0 radical (unpaired) electrons. The van der Waals surface area contributed by atoms with Gasteiger partial charge in [-0.2, -0.15) is 0 Å². The molecule has 4 rings (SSSR count). The van der Waals surface area contributed by atoms with Crippen LogP contribution in [0.15, 0.2) is 28.4 Å². The summed E-state index contributed by atoms with van der Waals surface area (Å²) in [7, 11) is 0. The summed E-state index contributed by atoms with van der Waals surface area (Å²) in [4.78, 5) is 28.1. The van der Waals surface area contributed by atoms with Gasteiger partial charge in [0.25, 0.3) is 0 Å². The number of nitrogens with zero attached hydrogens (tertiary/aromatic N) is 4. The molecule has 0 aromatic carbocycles. The number of halogens is 1. The van der Waals surface area contributed by atoms with E-state index in [4.69, 9.17) is 32.8 Å². The lowest BCUT2D eigenvalue weighted by Gasteiger charge is -2.41. The largest absolute Gasteiger partial charge is 0.382 e. The number of rotatable bonds is 4. The summed E-state index contributed by atoms with van der Waals surface area (Å²) >= 11 is 7.66. The van der Waals surface area contributed by atoms with E-state index in [1.54, 1.807) is 19.3 Å². The highest BCUT2D eigenvalue weighted by atomic mass is 35.5. The van der Waals surface area contributed by atoms with E-state index >= 15 is 0 Å². The minimum absolute atomic E-state index is 0.00689. The predicted molar refractivity (Wildman–Crippen MR) is 117 cm³/mol. The second-order valence-electron chi connectivity index (χ2n) is 7.95. The Morgan fingerprint density at radius 1 is 1.37 bits per heavy atom. The van der Waals surface area contributed by atoms with Crippen LogP contribution in [0.25, 0.3) is 0 Å². The third kappa shape index (κ3) is 3.87. The number of aryl methyl sites for hydroxylation is 1. The monoisotopic (exact) mass is 448 g/mol. The van der Waals surface area contributed by atoms with Crippen molar-refractivity contribution in [2.45, 2.75) is 48.8 Å². The quantitative estimate of drug-likeness (QED) is 0.726. The Balaban J connectivity index is 1.44. The first-order chi connectivity index (χ1) is 14.3. The maximum atomic E-state index is 11.8. The first-order valence-electron chi connectivity index (χ1n) is 9.85. The van der Waals surface area contributed by atoms with Crippen molar-refractivity contribution in [1.29, 1.82) is 0 Å². The first kappa shape index (κ1) is 21.3. The van der Waals surface area contributed by atoms with Crippen molar-refractivity contribution < 1.29 is 9.53 Å². The number of hydrogen-bond acceptors (Lipinski definition) is 9. The van der Waals surface area contributed by atoms with Crippen LogP contribution in [0, 0.1) is 12.3 Å². The van der Waals surface area contributed by atoms with E-state index in [1.165, 1.54) is 11.8 Å². The maximum Gasteiger partial charge on any atom is 0.160 e. The summed E-state index contributed by atoms with van der Waals surface area (Å²) in [6.07, 6.45) is 4.65. The summed E-state index contributed by atoms with van der Waals surface area (Å²) in [5.74, 6) is 1.14. The number of anilines is 2. The standard InChI is InChI=1S/C20H25ClN6O2S/c1-11-19(30-13-3-6-24-18(23)15(13)21)25-9-14(26-11)27-7-4-20(5-8-27)10-29-16(12(2)28)17(20)22/h3,6,9,16-17H,4-5,7-8,10,22H2,1-2H3,(H2,23,24)/t16-,17+/m0/s1. The molecule has 2 aliphatic heterocycles. The Labute approximate surface area is 184 Å². The van der Waals surface area contributed by atoms with Crippen LogP contribution in [0.3, 0.4) is 0 Å². The van der Waals surface area contributed by atoms with E-state index in [-0.39, 0.29) is 17.2 Å². The fourth-order valence-corrected chi connectivity index (χ4v) is 5.20. The topological polar surface area (TPSA) is 120 Å². The molecule has 1 spiro atoms. The van der Waals surface area contributed by atoms with Gasteiger partial charge in [0.1, 0.15) is 22.8 Å². The van der Waals surface area contributed by atoms with Crippen LogP contribution in [-0.4, -0.2) is 52.6 Å². The summed E-state index contributed by atoms with van der Waals surface area (Å²) < 4.78 is 5.72. The molecule has 0 saturated carbocycles. The molecular formula is C20H25ClN6O2S. The first-order valence-corrected chi connectivity index (χ1v) is 11.0. The SMILES string of the molecule is CC(=O)[C@@H]1OCC2(CCN(c3cnc(Sc4ccnc(N)c4Cl)c(C)n3)CC2)[C@@H]1N. The van der Waals surface area contributed by atoms with Crippen LogP contribution in [0.1, 0.15) is 25.5 Å². The molecule has 0 amide bonds. The Hall–Kier alpha value is -1.94. The number of aromatic nitrogens is 3. The van der Waals surface area contributed by atoms with Crippen molar-refractivity contribution in [2.24, 2.45) is 11.1 Å². The van der Waals surface area contributed by atoms with Crippen molar-refractivity contribution >= 4 is 40.8 Å². The Kier molecular flexibility index (Phi) is 5.89. The lowest BCUT2D eigenvalue weighted by Crippen LogP contribution is -2.52. The van der Waals surface area contributed by atoms with Gasteiger partial charge in [-0.1, -0.05) is 23.4 Å². The van der Waals surface area contributed by atoms with Gasteiger partial charge in [0.15, 0.2) is 5.78 Å². The molecular weight excluding hydrogens is 424 g/mol. The number of hydrogen-bond donors (Lipinski definition) is 2. The van der Waals surface area contributed by atoms with Crippen LogP contribution in [0.5, 0.6) is 0 Å². The number of nitrogens with two attached hydrogens (primary N) is 2. The van der Waals surface area contributed by atoms with Crippen LogP contribution in [0.4, 0.5) is 11.6 Å². The normalized spacial score (nSPS) is 23.1. The molecule has 0 bridgehead atoms. The zero-order chi connectivity index (χ0) is 21.5. The molecule has 2 aliphatic rings. The number of ether oxygens (including phenoxy) is 1. The Bertz CT molecular complexity index is 966. The molecule has 2 aromatic rings. The average Bonchev–Trinajstić information content (AvgIpc) is 3.03. The van der Waals surface area contributed by atoms with Gasteiger partial charge in [-0.05, 0) is 32.8 Å². The molecule has 30 heavy (non-hydrogen) atoms. The molecule has 10 heteroatoms. The van der Waals surface area contributed by atoms with E-state index in [0.717, 1.165) is 47.4 Å². The molecule has 2 fully saturated rings. The van der Waals surface area contributed by atoms with E-state index in [2.05, 4.69) is 14.9 Å². The second-order valence-corrected chi connectivity index (χ2v) is 9.36. The zero-order valence-corrected chi connectivity index (χ0v) is 18.5. The summed E-state index contributed by atoms with van der Waals surface area (Å²) in [6.45, 7) is 5.62. The van der Waals surface area contributed by atoms with Gasteiger partial charge in [0.05, 0.1) is 23.5 Å². The summed E-state index contributed by atoms with van der Waals surface area (Å²) in [5.41, 5.74) is 12.9. The molecule has 8 nitrogen and oxygen atoms in total. The second kappa shape index (κ2) is 8.30. The van der Waals surface area contributed by atoms with E-state index < -0.39 is 6.10 Å². The molecule has 4 heterocycles. The third-order valence-corrected chi connectivity index (χ3v) is 7.71. The van der Waals surface area contributed by atoms with Crippen molar-refractivity contribution in [2.75, 3.05) is 30.3 Å². The molecule has 160 valence electrons. The summed E-state index contributed by atoms with van der Waals surface area (Å²) in [6, 6.07) is 1.56. The van der Waals surface area contributed by atoms with Crippen molar-refractivity contribution in [3.8, 4) is 0 Å². The Morgan fingerprint density at radius 3 is 2.73 bits per heavy atom. The number of piperidine rings is 1. The van der Waals surface area contributed by atoms with Gasteiger partial charge in [0.2, 0.25) is 0 Å². The van der Waals surface area contributed by atoms with Gasteiger partial charge < -0.3 is 21.1 Å². The molecule has 0 aliphatic carbocycles. The molecule has 2 saturated heterocycles. The van der Waals surface area contributed by atoms with Gasteiger partial charge >= 0.3 is 0 Å². The maximum absolute atomic E-state index is 11.8. The lowest BCUT2D eigenvalue weighted by molar-refractivity contribution is -0.126. The minimum Gasteiger partial charge on any atom is -0.382 e. The molecule has 4 N–H and O–H groups in total. The van der Waals surface area contributed by atoms with Crippen molar-refractivity contribution in [3.05, 3.63) is 29.2 Å². The highest BCUT2D eigenvalue weighted by Crippen LogP contribution is 2.42. The van der Waals surface area contributed by atoms with Gasteiger partial charge in [-0.15, -0.1) is 0 Å². The number of nitrogen functional groups attached to an aromatic ring is 1. The van der Waals surface area contributed by atoms with E-state index in [0.29, 0.717) is 17.4 Å². The smallest absolute Gasteiger partial charge is 0.160 e. The summed E-state index contributed by atoms with van der Waals surface area (Å²) in [5, 5.41) is 1.20. The van der Waals surface area contributed by atoms with Gasteiger partial charge in [0, 0.05) is 35.6 Å². The molecule has 2 aromatic heterocycles. The van der Waals surface area contributed by atoms with E-state index in [9.17, 15) is 4.79 Å². The lowest BCUT2D eigenvalue weighted by atomic mass is 9.73. The Morgan fingerprint density at radius 2 is 2.10 bits per heavy atom. The fourth-order valence-electron chi connectivity index (χ4n) is 4.14. The predicted octanol–water partition coefficient (Wildman–Crippen LogP) is 2.47. The zero-order valence-electron chi connectivity index (χ0n) is 17.0. The average molecular weight is 449 g/mol. The number of pyridine rings is 1. The van der Waals surface area contributed by atoms with Crippen LogP contribution >= 0.6 is 23.4 Å². The highest BCUT2D eigenvalue weighted by Gasteiger charge is 2.50. The van der Waals surface area contributed by atoms with Crippen molar-refractivity contribution in [3.63, 3.8) is 0 Å². The molecule has 2 atom stereocenters. The van der Waals surface area contributed by atoms with Crippen LogP contribution < -0.4 is 16.4 Å². The minimum atomic E-state index is -0.482. The van der Waals surface area contributed by atoms with Crippen LogP contribution in [-0.2, 0) is 9.53 Å². The number of Topliss-reactive ketones (excluding diaryl/α,β-unsaturated/α-hetero) is 1. The van der Waals surface area contributed by atoms with Gasteiger partial charge in [-0.25, -0.2) is 15.0 Å². The number of carbonyl (C=O) groups excluding carboxylic acids is 1. The van der Waals surface area contributed by atoms with Crippen LogP contribution in [0.2, 0.25) is 5.02 Å². The third-order valence-electron chi connectivity index (χ3n) is 6.04. The van der Waals surface area contributed by atoms with Gasteiger partial charge in [-0.3, -0.25) is 4.79 Å². The highest BCUT2D eigenvalue weighted by molar-refractivity contribution is 7.99. The number of carbonyl (C=O) groups is 1. The van der Waals surface area contributed by atoms with E-state index in [1.807, 2.05) is 13.0 Å². The number of ketones is 1. The molecule has 0 unspecified atom stereocenters. The van der Waals surface area contributed by atoms with Crippen molar-refractivity contribution in [1.82, 2.24) is 15.0 Å². The fraction of sp³-hybridized carbons (Fsp3) is 0.500.